The van der Waals surface area contributed by atoms with Crippen molar-refractivity contribution in [1.82, 2.24) is 4.31 Å². The van der Waals surface area contributed by atoms with Crippen molar-refractivity contribution < 1.29 is 26.3 Å². The Kier molecular flexibility index (Phi) is 5.80. The van der Waals surface area contributed by atoms with Gasteiger partial charge < -0.3 is 4.74 Å². The molecule has 0 saturated heterocycles. The van der Waals surface area contributed by atoms with Crippen molar-refractivity contribution in [3.8, 4) is 5.75 Å². The minimum atomic E-state index is -4.42. The first-order valence-corrected chi connectivity index (χ1v) is 9.25. The molecule has 0 saturated carbocycles. The van der Waals surface area contributed by atoms with Crippen LogP contribution >= 0.6 is 15.9 Å². The molecule has 4 nitrogen and oxygen atoms in total. The van der Waals surface area contributed by atoms with Gasteiger partial charge in [-0.2, -0.15) is 17.5 Å². The quantitative estimate of drug-likeness (QED) is 0.700. The summed E-state index contributed by atoms with van der Waals surface area (Å²) in [5.74, 6) is 0.490. The SMILES string of the molecule is COc1ccc(S(=O)(=O)N(C)Cc2ccc(C(F)(F)F)cc2)cc1Br. The number of rotatable bonds is 5. The molecule has 2 aromatic carbocycles. The Balaban J connectivity index is 2.21. The molecule has 0 spiro atoms. The molecular formula is C16H15BrF3NO3S. The van der Waals surface area contributed by atoms with Crippen molar-refractivity contribution in [2.24, 2.45) is 0 Å². The van der Waals surface area contributed by atoms with Gasteiger partial charge in [-0.15, -0.1) is 0 Å². The average Bonchev–Trinajstić information content (AvgIpc) is 2.54. The van der Waals surface area contributed by atoms with E-state index in [0.29, 0.717) is 15.8 Å². The Morgan fingerprint density at radius 3 is 2.20 bits per heavy atom. The highest BCUT2D eigenvalue weighted by molar-refractivity contribution is 9.10. The second kappa shape index (κ2) is 7.35. The van der Waals surface area contributed by atoms with Crippen LogP contribution in [-0.2, 0) is 22.7 Å². The van der Waals surface area contributed by atoms with Crippen molar-refractivity contribution in [3.63, 3.8) is 0 Å². The number of alkyl halides is 3. The number of ether oxygens (including phenoxy) is 1. The molecule has 0 bridgehead atoms. The number of sulfonamides is 1. The Bertz CT molecular complexity index is 852. The van der Waals surface area contributed by atoms with Gasteiger partial charge in [-0.3, -0.25) is 0 Å². The Hall–Kier alpha value is -1.58. The summed E-state index contributed by atoms with van der Waals surface area (Å²) >= 11 is 3.23. The van der Waals surface area contributed by atoms with Crippen LogP contribution in [-0.4, -0.2) is 26.9 Å². The van der Waals surface area contributed by atoms with Crippen molar-refractivity contribution >= 4 is 26.0 Å². The molecule has 0 radical (unpaired) electrons. The largest absolute Gasteiger partial charge is 0.496 e. The van der Waals surface area contributed by atoms with Gasteiger partial charge in [0.25, 0.3) is 0 Å². The molecule has 0 unspecified atom stereocenters. The first-order valence-electron chi connectivity index (χ1n) is 7.01. The third-order valence-electron chi connectivity index (χ3n) is 3.52. The van der Waals surface area contributed by atoms with Crippen LogP contribution in [0.4, 0.5) is 13.2 Å². The first kappa shape index (κ1) is 19.7. The van der Waals surface area contributed by atoms with Crippen molar-refractivity contribution in [3.05, 3.63) is 58.1 Å². The van der Waals surface area contributed by atoms with Crippen LogP contribution in [0.3, 0.4) is 0 Å². The summed E-state index contributed by atoms with van der Waals surface area (Å²) in [7, 11) is -0.968. The van der Waals surface area contributed by atoms with E-state index < -0.39 is 21.8 Å². The van der Waals surface area contributed by atoms with Crippen molar-refractivity contribution in [2.75, 3.05) is 14.2 Å². The van der Waals surface area contributed by atoms with Gasteiger partial charge >= 0.3 is 6.18 Å². The molecule has 0 aliphatic heterocycles. The Morgan fingerprint density at radius 1 is 1.12 bits per heavy atom. The molecule has 2 rings (SSSR count). The molecule has 0 amide bonds. The summed E-state index contributed by atoms with van der Waals surface area (Å²) in [6.07, 6.45) is -4.42. The first-order chi connectivity index (χ1) is 11.6. The third kappa shape index (κ3) is 4.53. The molecule has 0 aliphatic carbocycles. The summed E-state index contributed by atoms with van der Waals surface area (Å²) < 4.78 is 69.5. The molecule has 0 aromatic heterocycles. The third-order valence-corrected chi connectivity index (χ3v) is 5.94. The van der Waals surface area contributed by atoms with E-state index in [1.54, 1.807) is 0 Å². The number of halogens is 4. The van der Waals surface area contributed by atoms with Gasteiger partial charge in [-0.25, -0.2) is 8.42 Å². The zero-order valence-corrected chi connectivity index (χ0v) is 15.7. The lowest BCUT2D eigenvalue weighted by molar-refractivity contribution is -0.137. The predicted octanol–water partition coefficient (Wildman–Crippen LogP) is 4.30. The highest BCUT2D eigenvalue weighted by Gasteiger charge is 2.30. The van der Waals surface area contributed by atoms with Gasteiger partial charge in [-0.05, 0) is 51.8 Å². The molecule has 2 aromatic rings. The zero-order chi connectivity index (χ0) is 18.8. The molecule has 136 valence electrons. The number of hydrogen-bond acceptors (Lipinski definition) is 3. The van der Waals surface area contributed by atoms with E-state index in [-0.39, 0.29) is 11.4 Å². The van der Waals surface area contributed by atoms with Gasteiger partial charge in [0.2, 0.25) is 10.0 Å². The maximum atomic E-state index is 12.6. The van der Waals surface area contributed by atoms with Crippen LogP contribution < -0.4 is 4.74 Å². The molecule has 0 aliphatic rings. The van der Waals surface area contributed by atoms with E-state index in [0.717, 1.165) is 16.4 Å². The van der Waals surface area contributed by atoms with E-state index in [1.165, 1.54) is 44.5 Å². The summed E-state index contributed by atoms with van der Waals surface area (Å²) in [6, 6.07) is 8.72. The fourth-order valence-corrected chi connectivity index (χ4v) is 4.01. The van der Waals surface area contributed by atoms with Crippen molar-refractivity contribution in [1.29, 1.82) is 0 Å². The van der Waals surface area contributed by atoms with Crippen LogP contribution in [0.5, 0.6) is 5.75 Å². The van der Waals surface area contributed by atoms with E-state index in [4.69, 9.17) is 4.74 Å². The van der Waals surface area contributed by atoms with E-state index in [9.17, 15) is 21.6 Å². The summed E-state index contributed by atoms with van der Waals surface area (Å²) in [6.45, 7) is -0.0515. The van der Waals surface area contributed by atoms with Crippen LogP contribution in [0.15, 0.2) is 51.8 Å². The predicted molar refractivity (Wildman–Crippen MR) is 90.8 cm³/mol. The lowest BCUT2D eigenvalue weighted by Crippen LogP contribution is -2.26. The lowest BCUT2D eigenvalue weighted by Gasteiger charge is -2.18. The number of methoxy groups -OCH3 is 1. The Morgan fingerprint density at radius 2 is 1.72 bits per heavy atom. The second-order valence-corrected chi connectivity index (χ2v) is 8.15. The van der Waals surface area contributed by atoms with Gasteiger partial charge in [0.05, 0.1) is 22.0 Å². The van der Waals surface area contributed by atoms with E-state index in [1.807, 2.05) is 0 Å². The monoisotopic (exact) mass is 437 g/mol. The van der Waals surface area contributed by atoms with Crippen LogP contribution in [0.1, 0.15) is 11.1 Å². The van der Waals surface area contributed by atoms with E-state index in [2.05, 4.69) is 15.9 Å². The summed E-state index contributed by atoms with van der Waals surface area (Å²) in [5.41, 5.74) is -0.326. The maximum Gasteiger partial charge on any atom is 0.416 e. The zero-order valence-electron chi connectivity index (χ0n) is 13.3. The lowest BCUT2D eigenvalue weighted by atomic mass is 10.1. The molecule has 0 heterocycles. The summed E-state index contributed by atoms with van der Waals surface area (Å²) in [5, 5.41) is 0. The van der Waals surface area contributed by atoms with Gasteiger partial charge in [0.1, 0.15) is 5.75 Å². The fourth-order valence-electron chi connectivity index (χ4n) is 2.13. The normalized spacial score (nSPS) is 12.4. The minimum Gasteiger partial charge on any atom is -0.496 e. The van der Waals surface area contributed by atoms with Crippen LogP contribution in [0.2, 0.25) is 0 Å². The molecule has 0 N–H and O–H groups in total. The van der Waals surface area contributed by atoms with Crippen LogP contribution in [0.25, 0.3) is 0 Å². The second-order valence-electron chi connectivity index (χ2n) is 5.25. The highest BCUT2D eigenvalue weighted by Crippen LogP contribution is 2.30. The standard InChI is InChI=1S/C16H15BrF3NO3S/c1-21(10-11-3-5-12(6-4-11)16(18,19)20)25(22,23)13-7-8-15(24-2)14(17)9-13/h3-9H,10H2,1-2H3. The van der Waals surface area contributed by atoms with Gasteiger partial charge in [-0.1, -0.05) is 12.1 Å². The smallest absolute Gasteiger partial charge is 0.416 e. The molecule has 25 heavy (non-hydrogen) atoms. The maximum absolute atomic E-state index is 12.6. The van der Waals surface area contributed by atoms with Gasteiger partial charge in [0, 0.05) is 13.6 Å². The summed E-state index contributed by atoms with van der Waals surface area (Å²) in [4.78, 5) is 0.0505. The fraction of sp³-hybridized carbons (Fsp3) is 0.250. The minimum absolute atomic E-state index is 0.0505. The number of benzene rings is 2. The van der Waals surface area contributed by atoms with E-state index >= 15 is 0 Å². The highest BCUT2D eigenvalue weighted by atomic mass is 79.9. The Labute approximate surface area is 152 Å². The molecule has 0 fully saturated rings. The number of hydrogen-bond donors (Lipinski definition) is 0. The van der Waals surface area contributed by atoms with Crippen molar-refractivity contribution in [2.45, 2.75) is 17.6 Å². The molecular weight excluding hydrogens is 423 g/mol. The van der Waals surface area contributed by atoms with Crippen LogP contribution in [0, 0.1) is 0 Å². The number of nitrogens with zero attached hydrogens (tertiary/aromatic N) is 1. The molecule has 9 heteroatoms. The topological polar surface area (TPSA) is 46.6 Å². The molecule has 0 atom stereocenters. The average molecular weight is 438 g/mol. The van der Waals surface area contributed by atoms with Gasteiger partial charge in [0.15, 0.2) is 0 Å².